The van der Waals surface area contributed by atoms with Crippen LogP contribution < -0.4 is 5.32 Å². The third-order valence-electron chi connectivity index (χ3n) is 4.11. The highest BCUT2D eigenvalue weighted by atomic mass is 16.5. The molecular formula is C13H25NO2. The smallest absolute Gasteiger partial charge is 0.106 e. The molecule has 1 saturated heterocycles. The van der Waals surface area contributed by atoms with Gasteiger partial charge in [-0.3, -0.25) is 0 Å². The van der Waals surface area contributed by atoms with Gasteiger partial charge < -0.3 is 14.8 Å². The molecule has 0 aromatic rings. The Bertz CT molecular complexity index is 196. The molecule has 1 N–H and O–H groups in total. The summed E-state index contributed by atoms with van der Waals surface area (Å²) < 4.78 is 11.0. The largest absolute Gasteiger partial charge is 0.378 e. The first-order valence-electron chi connectivity index (χ1n) is 6.68. The van der Waals surface area contributed by atoms with Crippen molar-refractivity contribution in [2.45, 2.75) is 44.1 Å². The summed E-state index contributed by atoms with van der Waals surface area (Å²) >= 11 is 0. The van der Waals surface area contributed by atoms with Crippen LogP contribution in [0, 0.1) is 5.92 Å². The Morgan fingerprint density at radius 3 is 2.75 bits per heavy atom. The predicted molar refractivity (Wildman–Crippen MR) is 64.6 cm³/mol. The predicted octanol–water partition coefficient (Wildman–Crippen LogP) is 1.96. The summed E-state index contributed by atoms with van der Waals surface area (Å²) in [6.45, 7) is 3.70. The second-order valence-electron chi connectivity index (χ2n) is 5.32. The van der Waals surface area contributed by atoms with Gasteiger partial charge in [-0.1, -0.05) is 19.3 Å². The monoisotopic (exact) mass is 227 g/mol. The summed E-state index contributed by atoms with van der Waals surface area (Å²) in [7, 11) is 1.80. The average Bonchev–Trinajstić information content (AvgIpc) is 2.80. The van der Waals surface area contributed by atoms with Gasteiger partial charge in [0.05, 0.1) is 6.61 Å². The molecule has 1 aliphatic heterocycles. The molecule has 0 bridgehead atoms. The fourth-order valence-corrected chi connectivity index (χ4v) is 2.86. The van der Waals surface area contributed by atoms with Gasteiger partial charge in [-0.25, -0.2) is 0 Å². The molecule has 1 atom stereocenters. The Hall–Kier alpha value is -0.120. The highest BCUT2D eigenvalue weighted by molar-refractivity contribution is 4.87. The lowest BCUT2D eigenvalue weighted by Crippen LogP contribution is -2.44. The number of ether oxygens (including phenoxy) is 2. The molecule has 1 heterocycles. The van der Waals surface area contributed by atoms with Crippen molar-refractivity contribution in [1.82, 2.24) is 5.32 Å². The van der Waals surface area contributed by atoms with E-state index in [4.69, 9.17) is 9.47 Å². The zero-order valence-corrected chi connectivity index (χ0v) is 10.5. The molecule has 1 aliphatic carbocycles. The fourth-order valence-electron chi connectivity index (χ4n) is 2.86. The maximum absolute atomic E-state index is 5.60. The van der Waals surface area contributed by atoms with Crippen molar-refractivity contribution in [2.24, 2.45) is 5.92 Å². The molecule has 0 aromatic carbocycles. The SMILES string of the molecule is COC1(CNCC2CCCCC2)CCOC1. The number of rotatable bonds is 5. The molecule has 2 fully saturated rings. The molecule has 0 spiro atoms. The Kier molecular flexibility index (Phi) is 4.62. The van der Waals surface area contributed by atoms with Crippen molar-refractivity contribution in [3.05, 3.63) is 0 Å². The van der Waals surface area contributed by atoms with Crippen LogP contribution in [0.25, 0.3) is 0 Å². The summed E-state index contributed by atoms with van der Waals surface area (Å²) in [5.41, 5.74) is -0.0470. The van der Waals surface area contributed by atoms with Crippen molar-refractivity contribution in [3.63, 3.8) is 0 Å². The minimum absolute atomic E-state index is 0.0470. The molecule has 0 radical (unpaired) electrons. The fraction of sp³-hybridized carbons (Fsp3) is 1.00. The Morgan fingerprint density at radius 2 is 2.12 bits per heavy atom. The van der Waals surface area contributed by atoms with E-state index in [-0.39, 0.29) is 5.60 Å². The van der Waals surface area contributed by atoms with Gasteiger partial charge in [-0.05, 0) is 25.3 Å². The molecule has 2 rings (SSSR count). The van der Waals surface area contributed by atoms with E-state index in [9.17, 15) is 0 Å². The normalized spacial score (nSPS) is 32.1. The highest BCUT2D eigenvalue weighted by Crippen LogP contribution is 2.24. The summed E-state index contributed by atoms with van der Waals surface area (Å²) in [5, 5.41) is 3.58. The quantitative estimate of drug-likeness (QED) is 0.779. The maximum Gasteiger partial charge on any atom is 0.106 e. The zero-order valence-electron chi connectivity index (χ0n) is 10.5. The van der Waals surface area contributed by atoms with Crippen molar-refractivity contribution < 1.29 is 9.47 Å². The van der Waals surface area contributed by atoms with Gasteiger partial charge >= 0.3 is 0 Å². The Balaban J connectivity index is 1.66. The molecule has 2 aliphatic rings. The van der Waals surface area contributed by atoms with Gasteiger partial charge in [-0.15, -0.1) is 0 Å². The van der Waals surface area contributed by atoms with E-state index in [0.29, 0.717) is 0 Å². The van der Waals surface area contributed by atoms with Gasteiger partial charge in [0.25, 0.3) is 0 Å². The Morgan fingerprint density at radius 1 is 1.31 bits per heavy atom. The summed E-state index contributed by atoms with van der Waals surface area (Å²) in [6.07, 6.45) is 8.12. The van der Waals surface area contributed by atoms with Crippen LogP contribution in [0.1, 0.15) is 38.5 Å². The van der Waals surface area contributed by atoms with Crippen LogP contribution in [0.3, 0.4) is 0 Å². The standard InChI is InChI=1S/C13H25NO2/c1-15-13(7-8-16-11-13)10-14-9-12-5-3-2-4-6-12/h12,14H,2-11H2,1H3. The van der Waals surface area contributed by atoms with Crippen LogP contribution in [-0.4, -0.2) is 39.0 Å². The van der Waals surface area contributed by atoms with Crippen LogP contribution in [0.4, 0.5) is 0 Å². The van der Waals surface area contributed by atoms with E-state index in [0.717, 1.165) is 38.6 Å². The van der Waals surface area contributed by atoms with Gasteiger partial charge in [0.1, 0.15) is 5.60 Å². The third kappa shape index (κ3) is 3.19. The minimum Gasteiger partial charge on any atom is -0.378 e. The van der Waals surface area contributed by atoms with Crippen molar-refractivity contribution in [2.75, 3.05) is 33.4 Å². The van der Waals surface area contributed by atoms with Crippen molar-refractivity contribution in [3.8, 4) is 0 Å². The first-order chi connectivity index (χ1) is 7.85. The van der Waals surface area contributed by atoms with E-state index >= 15 is 0 Å². The lowest BCUT2D eigenvalue weighted by atomic mass is 9.89. The molecule has 0 aromatic heterocycles. The highest BCUT2D eigenvalue weighted by Gasteiger charge is 2.34. The lowest BCUT2D eigenvalue weighted by Gasteiger charge is -2.28. The Labute approximate surface area is 98.9 Å². The van der Waals surface area contributed by atoms with Crippen molar-refractivity contribution in [1.29, 1.82) is 0 Å². The first kappa shape index (κ1) is 12.3. The summed E-state index contributed by atoms with van der Waals surface area (Å²) in [4.78, 5) is 0. The number of nitrogens with one attached hydrogen (secondary N) is 1. The van der Waals surface area contributed by atoms with Crippen LogP contribution in [-0.2, 0) is 9.47 Å². The van der Waals surface area contributed by atoms with E-state index in [1.807, 2.05) is 0 Å². The van der Waals surface area contributed by atoms with E-state index < -0.39 is 0 Å². The zero-order chi connectivity index (χ0) is 11.3. The molecule has 16 heavy (non-hydrogen) atoms. The number of hydrogen-bond donors (Lipinski definition) is 1. The molecule has 3 heteroatoms. The molecular weight excluding hydrogens is 202 g/mol. The van der Waals surface area contributed by atoms with Crippen LogP contribution >= 0.6 is 0 Å². The third-order valence-corrected chi connectivity index (χ3v) is 4.11. The van der Waals surface area contributed by atoms with Crippen LogP contribution in [0.2, 0.25) is 0 Å². The van der Waals surface area contributed by atoms with Crippen molar-refractivity contribution >= 4 is 0 Å². The summed E-state index contributed by atoms with van der Waals surface area (Å²) in [6, 6.07) is 0. The van der Waals surface area contributed by atoms with Crippen LogP contribution in [0.15, 0.2) is 0 Å². The lowest BCUT2D eigenvalue weighted by molar-refractivity contribution is -0.0163. The first-order valence-corrected chi connectivity index (χ1v) is 6.68. The second-order valence-corrected chi connectivity index (χ2v) is 5.32. The van der Waals surface area contributed by atoms with E-state index in [2.05, 4.69) is 5.32 Å². The van der Waals surface area contributed by atoms with Gasteiger partial charge in [0, 0.05) is 26.7 Å². The topological polar surface area (TPSA) is 30.5 Å². The second kappa shape index (κ2) is 5.99. The van der Waals surface area contributed by atoms with E-state index in [1.54, 1.807) is 7.11 Å². The number of hydrogen-bond acceptors (Lipinski definition) is 3. The molecule has 94 valence electrons. The minimum atomic E-state index is -0.0470. The molecule has 1 saturated carbocycles. The van der Waals surface area contributed by atoms with E-state index in [1.165, 1.54) is 32.1 Å². The van der Waals surface area contributed by atoms with Gasteiger partial charge in [-0.2, -0.15) is 0 Å². The maximum atomic E-state index is 5.60. The van der Waals surface area contributed by atoms with Crippen LogP contribution in [0.5, 0.6) is 0 Å². The molecule has 1 unspecified atom stereocenters. The average molecular weight is 227 g/mol. The number of methoxy groups -OCH3 is 1. The summed E-state index contributed by atoms with van der Waals surface area (Å²) in [5.74, 6) is 0.893. The molecule has 3 nitrogen and oxygen atoms in total. The van der Waals surface area contributed by atoms with Gasteiger partial charge in [0.15, 0.2) is 0 Å². The van der Waals surface area contributed by atoms with Gasteiger partial charge in [0.2, 0.25) is 0 Å². The molecule has 0 amide bonds.